The predicted molar refractivity (Wildman–Crippen MR) is 237 cm³/mol. The van der Waals surface area contributed by atoms with Gasteiger partial charge in [0.1, 0.15) is 6.54 Å². The number of allylic oxidation sites excluding steroid dienone is 12. The Bertz CT molecular complexity index is 2280. The van der Waals surface area contributed by atoms with Gasteiger partial charge >= 0.3 is 5.97 Å². The number of rotatable bonds is 22. The third-order valence-corrected chi connectivity index (χ3v) is 13.6. The van der Waals surface area contributed by atoms with E-state index < -0.39 is 31.6 Å². The van der Waals surface area contributed by atoms with E-state index in [-0.39, 0.29) is 28.9 Å². The zero-order valence-corrected chi connectivity index (χ0v) is 36.4. The Kier molecular flexibility index (Phi) is 15.7. The fourth-order valence-electron chi connectivity index (χ4n) is 8.87. The normalized spacial score (nSPS) is 22.1. The van der Waals surface area contributed by atoms with Crippen LogP contribution in [0.25, 0.3) is 0 Å². The number of unbranched alkanes of at least 4 members (excludes halogenated alkanes) is 5. The van der Waals surface area contributed by atoms with Crippen molar-refractivity contribution in [3.8, 4) is 0 Å². The molecule has 2 aromatic carbocycles. The smallest absolute Gasteiger partial charge is 0.303 e. The number of anilines is 1. The highest BCUT2D eigenvalue weighted by Gasteiger charge is 2.47. The summed E-state index contributed by atoms with van der Waals surface area (Å²) in [6, 6.07) is 13.3. The second-order valence-corrected chi connectivity index (χ2v) is 19.3. The average molecular weight is 846 g/mol. The summed E-state index contributed by atoms with van der Waals surface area (Å²) < 4.78 is 70.2. The van der Waals surface area contributed by atoms with E-state index in [4.69, 9.17) is 0 Å². The molecule has 0 bridgehead atoms. The number of aliphatic carboxylic acids is 1. The van der Waals surface area contributed by atoms with Gasteiger partial charge in [-0.05, 0) is 87.8 Å². The van der Waals surface area contributed by atoms with Gasteiger partial charge in [0.2, 0.25) is 5.69 Å². The molecule has 5 rings (SSSR count). The standard InChI is InChI=1S/C47H60N2O8S2/c1-4-5-15-31-46(2)39-24-13-14-25-41(39)49(34-20-23-37-21-10-7-6-8-11-22-37)43(46)26-19-27-44-47(3,32-16-18-35-58(52,53)54)40-36-38(59(55,56)57)29-30-42(40)48(44)33-17-9-12-28-45(50)51/h6-8,10-11,13-14,19,21-22,24-27,29-30,36H,4-5,9,12,15-18,20,23,28,31-35H2,1-3H3,(H2-,50,51,52,53,54,55,56,57)/p+1/b7-6-,8-6?,10-7?,11-8-,21-10?,22-11?,37-21?,37-22?. The van der Waals surface area contributed by atoms with E-state index in [0.717, 1.165) is 56.5 Å². The maximum absolute atomic E-state index is 12.4. The molecule has 2 aliphatic heterocycles. The molecule has 0 radical (unpaired) electrons. The molecule has 1 aliphatic carbocycles. The van der Waals surface area contributed by atoms with E-state index in [1.165, 1.54) is 34.7 Å². The summed E-state index contributed by atoms with van der Waals surface area (Å²) in [5.74, 6) is -1.23. The largest absolute Gasteiger partial charge is 0.481 e. The lowest BCUT2D eigenvalue weighted by molar-refractivity contribution is -0.438. The SMILES string of the molecule is CCCCCC1(C)C(/C=C/C=C2/N(CCCCCC(=O)O)c3ccc(S(=O)(=O)O)cc3C2(C)CCCCS(=O)(=O)O)=[N+](CCCC2=C/C=C\C=C/C=C2)c2ccccc21. The van der Waals surface area contributed by atoms with Crippen LogP contribution in [0.15, 0.2) is 119 Å². The van der Waals surface area contributed by atoms with Crippen LogP contribution in [0, 0.1) is 0 Å². The van der Waals surface area contributed by atoms with E-state index in [0.29, 0.717) is 44.2 Å². The lowest BCUT2D eigenvalue weighted by Crippen LogP contribution is -2.31. The van der Waals surface area contributed by atoms with Crippen molar-refractivity contribution < 1.29 is 40.4 Å². The van der Waals surface area contributed by atoms with Gasteiger partial charge in [-0.2, -0.15) is 21.4 Å². The minimum absolute atomic E-state index is 0.0719. The van der Waals surface area contributed by atoms with Gasteiger partial charge in [0, 0.05) is 53.9 Å². The molecular weight excluding hydrogens is 785 g/mol. The van der Waals surface area contributed by atoms with Crippen LogP contribution in [0.1, 0.15) is 115 Å². The topological polar surface area (TPSA) is 152 Å². The summed E-state index contributed by atoms with van der Waals surface area (Å²) in [6.07, 6.45) is 30.1. The first-order chi connectivity index (χ1) is 28.1. The Labute approximate surface area is 351 Å². The molecule has 10 nitrogen and oxygen atoms in total. The van der Waals surface area contributed by atoms with E-state index in [9.17, 15) is 35.8 Å². The lowest BCUT2D eigenvalue weighted by atomic mass is 9.75. The molecule has 0 fully saturated rings. The number of hydrogen-bond acceptors (Lipinski definition) is 6. The number of carboxylic acids is 1. The van der Waals surface area contributed by atoms with E-state index >= 15 is 0 Å². The fraction of sp³-hybridized carbons (Fsp3) is 0.447. The Balaban J connectivity index is 1.59. The van der Waals surface area contributed by atoms with Crippen molar-refractivity contribution in [2.24, 2.45) is 0 Å². The van der Waals surface area contributed by atoms with Gasteiger partial charge in [0.15, 0.2) is 5.71 Å². The molecule has 3 N–H and O–H groups in total. The maximum atomic E-state index is 12.4. The number of fused-ring (bicyclic) bond motifs is 2. The lowest BCUT2D eigenvalue weighted by Gasteiger charge is -2.30. The Morgan fingerprint density at radius 3 is 2.29 bits per heavy atom. The quantitative estimate of drug-likeness (QED) is 0.0597. The minimum Gasteiger partial charge on any atom is -0.481 e. The van der Waals surface area contributed by atoms with Crippen molar-refractivity contribution in [3.63, 3.8) is 0 Å². The molecule has 59 heavy (non-hydrogen) atoms. The van der Waals surface area contributed by atoms with Crippen molar-refractivity contribution >= 4 is 43.3 Å². The third kappa shape index (κ3) is 11.7. The molecule has 2 unspecified atom stereocenters. The van der Waals surface area contributed by atoms with E-state index in [2.05, 4.69) is 90.1 Å². The molecule has 0 aromatic heterocycles. The van der Waals surface area contributed by atoms with Crippen LogP contribution in [0.2, 0.25) is 0 Å². The highest BCUT2D eigenvalue weighted by atomic mass is 32.2. The predicted octanol–water partition coefficient (Wildman–Crippen LogP) is 10.2. The van der Waals surface area contributed by atoms with Crippen molar-refractivity contribution in [1.29, 1.82) is 0 Å². The molecule has 2 atom stereocenters. The van der Waals surface area contributed by atoms with Crippen LogP contribution >= 0.6 is 0 Å². The van der Waals surface area contributed by atoms with Crippen LogP contribution in [-0.2, 0) is 35.9 Å². The zero-order valence-electron chi connectivity index (χ0n) is 34.7. The second kappa shape index (κ2) is 20.3. The van der Waals surface area contributed by atoms with Crippen molar-refractivity contribution in [2.75, 3.05) is 23.7 Å². The van der Waals surface area contributed by atoms with Gasteiger partial charge in [0.25, 0.3) is 20.2 Å². The molecule has 0 saturated heterocycles. The summed E-state index contributed by atoms with van der Waals surface area (Å²) in [5.41, 5.74) is 6.30. The van der Waals surface area contributed by atoms with Crippen LogP contribution in [0.4, 0.5) is 11.4 Å². The number of nitrogens with zero attached hydrogens (tertiary/aromatic N) is 2. The third-order valence-electron chi connectivity index (χ3n) is 12.0. The Hall–Kier alpha value is -4.36. The number of benzene rings is 2. The molecule has 0 spiro atoms. The first-order valence-electron chi connectivity index (χ1n) is 21.0. The second-order valence-electron chi connectivity index (χ2n) is 16.3. The first-order valence-corrected chi connectivity index (χ1v) is 24.0. The van der Waals surface area contributed by atoms with Gasteiger partial charge in [0.05, 0.1) is 16.1 Å². The van der Waals surface area contributed by atoms with Gasteiger partial charge in [-0.3, -0.25) is 13.9 Å². The maximum Gasteiger partial charge on any atom is 0.303 e. The van der Waals surface area contributed by atoms with Crippen LogP contribution in [0.5, 0.6) is 0 Å². The number of hydrogen-bond donors (Lipinski definition) is 3. The number of para-hydroxylation sites is 1. The van der Waals surface area contributed by atoms with E-state index in [1.807, 2.05) is 25.2 Å². The fourth-order valence-corrected chi connectivity index (χ4v) is 9.95. The molecule has 12 heteroatoms. The Morgan fingerprint density at radius 1 is 0.814 bits per heavy atom. The molecule has 2 aromatic rings. The molecule has 3 aliphatic rings. The highest BCUT2D eigenvalue weighted by Crippen LogP contribution is 2.52. The summed E-state index contributed by atoms with van der Waals surface area (Å²) in [6.45, 7) is 7.93. The zero-order chi connectivity index (χ0) is 42.7. The summed E-state index contributed by atoms with van der Waals surface area (Å²) in [7, 11) is -8.70. The van der Waals surface area contributed by atoms with Gasteiger partial charge in [-0.1, -0.05) is 106 Å². The summed E-state index contributed by atoms with van der Waals surface area (Å²) in [5, 5.41) is 9.23. The van der Waals surface area contributed by atoms with Crippen molar-refractivity contribution in [1.82, 2.24) is 0 Å². The van der Waals surface area contributed by atoms with Crippen molar-refractivity contribution in [3.05, 3.63) is 126 Å². The first kappa shape index (κ1) is 45.7. The number of carbonyl (C=O) groups is 1. The highest BCUT2D eigenvalue weighted by molar-refractivity contribution is 7.86. The molecule has 0 amide bonds. The number of carboxylic acid groups (broad SMARTS) is 1. The van der Waals surface area contributed by atoms with E-state index in [1.54, 1.807) is 6.07 Å². The van der Waals surface area contributed by atoms with Crippen molar-refractivity contribution in [2.45, 2.75) is 120 Å². The summed E-state index contributed by atoms with van der Waals surface area (Å²) in [4.78, 5) is 13.2. The van der Waals surface area contributed by atoms with Crippen LogP contribution < -0.4 is 4.90 Å². The Morgan fingerprint density at radius 2 is 1.54 bits per heavy atom. The molecule has 2 heterocycles. The van der Waals surface area contributed by atoms with Crippen LogP contribution in [-0.4, -0.2) is 66.1 Å². The molecule has 0 saturated carbocycles. The van der Waals surface area contributed by atoms with Gasteiger partial charge in [-0.15, -0.1) is 0 Å². The molecular formula is C47H61N2O8S2+. The van der Waals surface area contributed by atoms with Crippen LogP contribution in [0.3, 0.4) is 0 Å². The monoisotopic (exact) mass is 845 g/mol. The van der Waals surface area contributed by atoms with Gasteiger partial charge in [-0.25, -0.2) is 0 Å². The van der Waals surface area contributed by atoms with Gasteiger partial charge < -0.3 is 10.0 Å². The average Bonchev–Trinajstić information content (AvgIpc) is 3.53. The molecule has 318 valence electrons. The summed E-state index contributed by atoms with van der Waals surface area (Å²) >= 11 is 0. The minimum atomic E-state index is -4.53.